The number of hydrogen-bond donors (Lipinski definition) is 5. The molecule has 10 nitrogen and oxygen atoms in total. The first-order valence-electron chi connectivity index (χ1n) is 20.4. The number of fused-ring (bicyclic) bond motifs is 5. The molecule has 5 rings (SSSR count). The number of rotatable bonds is 17. The number of aliphatic hydroxyl groups is 2. The Bertz CT molecular complexity index is 2440. The summed E-state index contributed by atoms with van der Waals surface area (Å²) < 4.78 is 0. The summed E-state index contributed by atoms with van der Waals surface area (Å²) in [5.41, 5.74) is 12.8. The van der Waals surface area contributed by atoms with Gasteiger partial charge in [-0.2, -0.15) is 0 Å². The fourth-order valence-electron chi connectivity index (χ4n) is 7.81. The Balaban J connectivity index is 1.58. The first-order valence-corrected chi connectivity index (χ1v) is 20.4. The summed E-state index contributed by atoms with van der Waals surface area (Å²) >= 11 is 0. The summed E-state index contributed by atoms with van der Waals surface area (Å²) in [6, 6.07) is 0. The van der Waals surface area contributed by atoms with Crippen LogP contribution < -0.4 is 10.7 Å². The lowest BCUT2D eigenvalue weighted by Crippen LogP contribution is -2.20. The van der Waals surface area contributed by atoms with E-state index in [0.29, 0.717) is 63.8 Å². The highest BCUT2D eigenvalue weighted by atomic mass is 16.4. The predicted molar refractivity (Wildman–Crippen MR) is 240 cm³/mol. The van der Waals surface area contributed by atoms with Gasteiger partial charge in [0, 0.05) is 40.2 Å². The van der Waals surface area contributed by atoms with Gasteiger partial charge >= 0.3 is 11.9 Å². The number of aromatic amines is 1. The summed E-state index contributed by atoms with van der Waals surface area (Å²) in [6.45, 7) is 18.5. The second-order valence-corrected chi connectivity index (χ2v) is 15.9. The standard InChI is InChI=1S/C49H58N4O6/c1-9-34-31(6)39-25-45-49(46(55)18-12-17-30(5)16-11-15-29(4)14-10-13-28(2)3)33(8)40(52-45)24-44-37(27-54)36(20-22-48(58)59)43(53-44)26-42-35(19-21-47(56)57)32(7)38(51-42)23-41(34)50-39/h9,13,15,17,23-27,46,50,54-55H,1,10-12,14,16,18-22H2,2-8H3,(H,56,57)(H,58,59)/b29-15?,30-17?,37-27-,39-25?,40-24?,41-23?,42-26?. The molecule has 310 valence electrons. The molecule has 0 radical (unpaired) electrons. The zero-order valence-electron chi connectivity index (χ0n) is 35.5. The molecule has 59 heavy (non-hydrogen) atoms. The number of aliphatic hydroxyl groups excluding tert-OH is 2. The van der Waals surface area contributed by atoms with Gasteiger partial charge in [-0.1, -0.05) is 47.6 Å². The number of carboxylic acids is 2. The van der Waals surface area contributed by atoms with Crippen molar-refractivity contribution in [2.45, 2.75) is 119 Å². The number of aromatic nitrogens is 1. The smallest absolute Gasteiger partial charge is 0.303 e. The molecule has 0 aliphatic carbocycles. The number of H-pyrrole nitrogens is 1. The first-order chi connectivity index (χ1) is 28.1. The molecule has 8 bridgehead atoms. The summed E-state index contributed by atoms with van der Waals surface area (Å²) in [4.78, 5) is 41.9. The monoisotopic (exact) mass is 798 g/mol. The molecule has 0 amide bonds. The fraction of sp³-hybridized carbons (Fsp3) is 0.367. The molecule has 1 aromatic rings. The maximum absolute atomic E-state index is 11.9. The van der Waals surface area contributed by atoms with Crippen LogP contribution in [0.25, 0.3) is 18.2 Å². The van der Waals surface area contributed by atoms with E-state index >= 15 is 0 Å². The van der Waals surface area contributed by atoms with Gasteiger partial charge in [0.1, 0.15) is 0 Å². The van der Waals surface area contributed by atoms with Gasteiger partial charge in [0.2, 0.25) is 0 Å². The molecule has 1 aromatic heterocycles. The van der Waals surface area contributed by atoms with E-state index < -0.39 is 18.0 Å². The van der Waals surface area contributed by atoms with Gasteiger partial charge in [-0.05, 0) is 152 Å². The molecular formula is C49H58N4O6. The lowest BCUT2D eigenvalue weighted by Gasteiger charge is -2.13. The third-order valence-electron chi connectivity index (χ3n) is 11.2. The summed E-state index contributed by atoms with van der Waals surface area (Å²) in [5.74, 6) is -1.94. The molecule has 1 atom stereocenters. The van der Waals surface area contributed by atoms with Crippen LogP contribution in [0.1, 0.15) is 117 Å². The number of nitrogens with zero attached hydrogens (tertiary/aromatic N) is 3. The van der Waals surface area contributed by atoms with Gasteiger partial charge in [-0.15, -0.1) is 0 Å². The molecule has 0 aromatic carbocycles. The fourth-order valence-corrected chi connectivity index (χ4v) is 7.81. The normalized spacial score (nSPS) is 18.0. The Morgan fingerprint density at radius 1 is 0.729 bits per heavy atom. The maximum atomic E-state index is 11.9. The van der Waals surface area contributed by atoms with Gasteiger partial charge in [0.05, 0.1) is 46.6 Å². The number of aliphatic carboxylic acids is 2. The second-order valence-electron chi connectivity index (χ2n) is 15.9. The van der Waals surface area contributed by atoms with Crippen molar-refractivity contribution in [3.8, 4) is 0 Å². The van der Waals surface area contributed by atoms with Crippen molar-refractivity contribution in [3.63, 3.8) is 0 Å². The van der Waals surface area contributed by atoms with Crippen LogP contribution in [0.3, 0.4) is 0 Å². The zero-order chi connectivity index (χ0) is 43.0. The molecule has 5 heterocycles. The Morgan fingerprint density at radius 3 is 1.97 bits per heavy atom. The quantitative estimate of drug-likeness (QED) is 0.0778. The summed E-state index contributed by atoms with van der Waals surface area (Å²) in [5, 5.41) is 43.2. The van der Waals surface area contributed by atoms with E-state index in [9.17, 15) is 30.0 Å². The first kappa shape index (κ1) is 44.2. The van der Waals surface area contributed by atoms with Crippen LogP contribution in [0.2, 0.25) is 0 Å². The van der Waals surface area contributed by atoms with Crippen LogP contribution in [0.15, 0.2) is 125 Å². The molecule has 5 N–H and O–H groups in total. The van der Waals surface area contributed by atoms with Gasteiger partial charge in [-0.3, -0.25) is 9.59 Å². The molecular weight excluding hydrogens is 741 g/mol. The molecule has 10 heteroatoms. The highest BCUT2D eigenvalue weighted by Gasteiger charge is 2.30. The molecule has 4 aliphatic rings. The Morgan fingerprint density at radius 2 is 1.34 bits per heavy atom. The second kappa shape index (κ2) is 19.7. The van der Waals surface area contributed by atoms with Crippen molar-refractivity contribution in [1.82, 2.24) is 4.98 Å². The topological polar surface area (TPSA) is 168 Å². The third-order valence-corrected chi connectivity index (χ3v) is 11.2. The van der Waals surface area contributed by atoms with Gasteiger partial charge < -0.3 is 25.4 Å². The molecule has 0 saturated carbocycles. The minimum Gasteiger partial charge on any atom is -0.515 e. The van der Waals surface area contributed by atoms with E-state index in [0.717, 1.165) is 70.5 Å². The zero-order valence-corrected chi connectivity index (χ0v) is 35.5. The van der Waals surface area contributed by atoms with Crippen LogP contribution in [0.5, 0.6) is 0 Å². The summed E-state index contributed by atoms with van der Waals surface area (Å²) in [7, 11) is 0. The molecule has 0 fully saturated rings. The van der Waals surface area contributed by atoms with Crippen molar-refractivity contribution in [3.05, 3.63) is 132 Å². The summed E-state index contributed by atoms with van der Waals surface area (Å²) in [6.07, 6.45) is 21.3. The number of nitrogens with one attached hydrogen (secondary N) is 1. The van der Waals surface area contributed by atoms with Gasteiger partial charge in [0.25, 0.3) is 0 Å². The number of allylic oxidation sites excluding steroid dienone is 13. The molecule has 0 saturated heterocycles. The molecule has 0 spiro atoms. The van der Waals surface area contributed by atoms with Crippen LogP contribution in [-0.4, -0.2) is 60.6 Å². The van der Waals surface area contributed by atoms with E-state index in [1.165, 1.54) is 16.7 Å². The van der Waals surface area contributed by atoms with E-state index in [1.54, 1.807) is 18.2 Å². The number of aliphatic imine (C=N–C) groups is 3. The average Bonchev–Trinajstić information content (AvgIpc) is 3.85. The Kier molecular flexibility index (Phi) is 14.8. The lowest BCUT2D eigenvalue weighted by atomic mass is 9.94. The van der Waals surface area contributed by atoms with E-state index in [-0.39, 0.29) is 25.7 Å². The number of carboxylic acid groups (broad SMARTS) is 2. The van der Waals surface area contributed by atoms with Crippen LogP contribution in [0.4, 0.5) is 0 Å². The van der Waals surface area contributed by atoms with E-state index in [4.69, 9.17) is 15.0 Å². The SMILES string of the molecule is C=Cc1c(C)c2[nH]c1=CC1=NC(=CC3=C(CCC(=O)O)/C(=C/O)C(=N3)C=C3N=C(C=2)C(C(O)CCC=C(C)CCC=C(C)CCC=C(C)C)=C3C)C(CCC(=O)O)=C1C. The van der Waals surface area contributed by atoms with Crippen molar-refractivity contribution in [1.29, 1.82) is 0 Å². The highest BCUT2D eigenvalue weighted by Crippen LogP contribution is 2.37. The molecule has 4 aliphatic heterocycles. The predicted octanol–water partition coefficient (Wildman–Crippen LogP) is 9.29. The van der Waals surface area contributed by atoms with Crippen molar-refractivity contribution in [2.24, 2.45) is 15.0 Å². The highest BCUT2D eigenvalue weighted by molar-refractivity contribution is 6.25. The van der Waals surface area contributed by atoms with Gasteiger partial charge in [-0.25, -0.2) is 15.0 Å². The van der Waals surface area contributed by atoms with E-state index in [1.807, 2.05) is 32.9 Å². The maximum Gasteiger partial charge on any atom is 0.303 e. The van der Waals surface area contributed by atoms with Crippen LogP contribution >= 0.6 is 0 Å². The average molecular weight is 799 g/mol. The third kappa shape index (κ3) is 10.8. The van der Waals surface area contributed by atoms with E-state index in [2.05, 4.69) is 57.5 Å². The Labute approximate surface area is 347 Å². The van der Waals surface area contributed by atoms with Crippen molar-refractivity contribution in [2.75, 3.05) is 0 Å². The largest absolute Gasteiger partial charge is 0.515 e. The number of carbonyl (C=O) groups is 2. The number of hydrogen-bond acceptors (Lipinski definition) is 7. The van der Waals surface area contributed by atoms with Crippen molar-refractivity contribution < 1.29 is 30.0 Å². The Hall–Kier alpha value is -5.87. The van der Waals surface area contributed by atoms with Crippen LogP contribution in [0, 0.1) is 6.92 Å². The van der Waals surface area contributed by atoms with Gasteiger partial charge in [0.15, 0.2) is 0 Å². The minimum absolute atomic E-state index is 0.0833. The minimum atomic E-state index is -1.00. The van der Waals surface area contributed by atoms with Crippen molar-refractivity contribution >= 4 is 47.3 Å². The molecule has 1 unspecified atom stereocenters. The van der Waals surface area contributed by atoms with Crippen LogP contribution in [-0.2, 0) is 9.59 Å². The lowest BCUT2D eigenvalue weighted by molar-refractivity contribution is -0.137.